The van der Waals surface area contributed by atoms with Gasteiger partial charge in [0, 0.05) is 0 Å². The summed E-state index contributed by atoms with van der Waals surface area (Å²) in [6.45, 7) is 0. The summed E-state index contributed by atoms with van der Waals surface area (Å²) in [5.74, 6) is -1.44. The second kappa shape index (κ2) is 4.54. The van der Waals surface area contributed by atoms with Crippen molar-refractivity contribution in [2.45, 2.75) is 0 Å². The highest BCUT2D eigenvalue weighted by Crippen LogP contribution is 2.24. The van der Waals surface area contributed by atoms with Gasteiger partial charge in [0.1, 0.15) is 17.1 Å². The van der Waals surface area contributed by atoms with E-state index in [4.69, 9.17) is 4.74 Å². The minimum atomic E-state index is -0.755. The Labute approximate surface area is 85.6 Å². The van der Waals surface area contributed by atoms with Crippen molar-refractivity contribution in [3.63, 3.8) is 0 Å². The Morgan fingerprint density at radius 1 is 1.40 bits per heavy atom. The fourth-order valence-corrected chi connectivity index (χ4v) is 1.19. The third-order valence-electron chi connectivity index (χ3n) is 1.82. The van der Waals surface area contributed by atoms with Crippen LogP contribution in [0, 0.1) is 5.82 Å². The first-order valence-electron chi connectivity index (χ1n) is 4.05. The van der Waals surface area contributed by atoms with Crippen molar-refractivity contribution >= 4 is 12.3 Å². The highest BCUT2D eigenvalue weighted by molar-refractivity contribution is 5.96. The van der Waals surface area contributed by atoms with Crippen LogP contribution in [-0.4, -0.2) is 26.5 Å². The lowest BCUT2D eigenvalue weighted by Crippen LogP contribution is -2.07. The van der Waals surface area contributed by atoms with E-state index in [1.54, 1.807) is 0 Å². The molecule has 0 bridgehead atoms. The molecule has 0 aliphatic rings. The summed E-state index contributed by atoms with van der Waals surface area (Å²) in [4.78, 5) is 21.8. The van der Waals surface area contributed by atoms with E-state index in [1.165, 1.54) is 7.11 Å². The van der Waals surface area contributed by atoms with Crippen LogP contribution in [0.5, 0.6) is 5.75 Å². The molecule has 0 aromatic heterocycles. The van der Waals surface area contributed by atoms with Crippen molar-refractivity contribution in [1.29, 1.82) is 0 Å². The fourth-order valence-electron chi connectivity index (χ4n) is 1.19. The van der Waals surface area contributed by atoms with Crippen LogP contribution < -0.4 is 4.74 Å². The molecule has 0 atom stereocenters. The SMILES string of the molecule is COC(=O)c1cc(F)cc(C=O)c1OC. The molecular weight excluding hydrogens is 203 g/mol. The molecule has 0 unspecified atom stereocenters. The van der Waals surface area contributed by atoms with Gasteiger partial charge >= 0.3 is 5.97 Å². The van der Waals surface area contributed by atoms with Crippen molar-refractivity contribution in [3.8, 4) is 5.75 Å². The van der Waals surface area contributed by atoms with E-state index in [9.17, 15) is 14.0 Å². The van der Waals surface area contributed by atoms with Crippen LogP contribution in [0.2, 0.25) is 0 Å². The van der Waals surface area contributed by atoms with Gasteiger partial charge in [-0.05, 0) is 12.1 Å². The molecule has 0 heterocycles. The normalized spacial score (nSPS) is 9.53. The fraction of sp³-hybridized carbons (Fsp3) is 0.200. The van der Waals surface area contributed by atoms with Crippen LogP contribution in [0.3, 0.4) is 0 Å². The van der Waals surface area contributed by atoms with Crippen LogP contribution in [-0.2, 0) is 4.74 Å². The maximum absolute atomic E-state index is 13.0. The molecule has 4 nitrogen and oxygen atoms in total. The molecule has 0 aliphatic heterocycles. The van der Waals surface area contributed by atoms with Gasteiger partial charge in [-0.1, -0.05) is 0 Å². The number of hydrogen-bond acceptors (Lipinski definition) is 4. The van der Waals surface area contributed by atoms with Crippen LogP contribution >= 0.6 is 0 Å². The van der Waals surface area contributed by atoms with Gasteiger partial charge in [-0.15, -0.1) is 0 Å². The summed E-state index contributed by atoms with van der Waals surface area (Å²) in [5.41, 5.74) is -0.139. The topological polar surface area (TPSA) is 52.6 Å². The molecular formula is C10H9FO4. The molecule has 0 aliphatic carbocycles. The number of hydrogen-bond donors (Lipinski definition) is 0. The molecule has 0 saturated heterocycles. The minimum absolute atomic E-state index is 0.0123. The zero-order valence-electron chi connectivity index (χ0n) is 8.24. The van der Waals surface area contributed by atoms with Crippen LogP contribution in [0.4, 0.5) is 4.39 Å². The van der Waals surface area contributed by atoms with Crippen molar-refractivity contribution < 1.29 is 23.5 Å². The molecule has 5 heteroatoms. The lowest BCUT2D eigenvalue weighted by molar-refractivity contribution is 0.0596. The van der Waals surface area contributed by atoms with Gasteiger partial charge in [0.05, 0.1) is 19.8 Å². The second-order valence-electron chi connectivity index (χ2n) is 2.69. The van der Waals surface area contributed by atoms with Gasteiger partial charge in [-0.25, -0.2) is 9.18 Å². The molecule has 15 heavy (non-hydrogen) atoms. The molecule has 0 fully saturated rings. The first-order valence-corrected chi connectivity index (χ1v) is 4.05. The molecule has 0 N–H and O–H groups in total. The predicted molar refractivity (Wildman–Crippen MR) is 49.7 cm³/mol. The molecule has 1 aromatic carbocycles. The van der Waals surface area contributed by atoms with E-state index in [-0.39, 0.29) is 16.9 Å². The van der Waals surface area contributed by atoms with Crippen LogP contribution in [0.1, 0.15) is 20.7 Å². The quantitative estimate of drug-likeness (QED) is 0.561. The Morgan fingerprint density at radius 3 is 2.53 bits per heavy atom. The number of carbonyl (C=O) groups excluding carboxylic acids is 2. The van der Waals surface area contributed by atoms with Crippen molar-refractivity contribution in [3.05, 3.63) is 29.1 Å². The second-order valence-corrected chi connectivity index (χ2v) is 2.69. The summed E-state index contributed by atoms with van der Waals surface area (Å²) in [6, 6.07) is 1.94. The van der Waals surface area contributed by atoms with E-state index < -0.39 is 11.8 Å². The van der Waals surface area contributed by atoms with Gasteiger partial charge in [0.15, 0.2) is 6.29 Å². The number of methoxy groups -OCH3 is 2. The highest BCUT2D eigenvalue weighted by Gasteiger charge is 2.17. The standard InChI is InChI=1S/C10H9FO4/c1-14-9-6(5-12)3-7(11)4-8(9)10(13)15-2/h3-5H,1-2H3. The monoisotopic (exact) mass is 212 g/mol. The van der Waals surface area contributed by atoms with E-state index in [2.05, 4.69) is 4.74 Å². The lowest BCUT2D eigenvalue weighted by Gasteiger charge is -2.08. The molecule has 1 rings (SSSR count). The highest BCUT2D eigenvalue weighted by atomic mass is 19.1. The average Bonchev–Trinajstić information content (AvgIpc) is 2.26. The number of ether oxygens (including phenoxy) is 2. The molecule has 80 valence electrons. The van der Waals surface area contributed by atoms with Gasteiger partial charge in [-0.3, -0.25) is 4.79 Å². The molecule has 1 aromatic rings. The first-order chi connectivity index (χ1) is 7.13. The van der Waals surface area contributed by atoms with E-state index in [1.807, 2.05) is 0 Å². The number of aldehydes is 1. The summed E-state index contributed by atoms with van der Waals surface area (Å²) in [7, 11) is 2.44. The Balaban J connectivity index is 3.41. The third kappa shape index (κ3) is 2.12. The van der Waals surface area contributed by atoms with Crippen molar-refractivity contribution in [1.82, 2.24) is 0 Å². The Kier molecular flexibility index (Phi) is 3.38. The van der Waals surface area contributed by atoms with Gasteiger partial charge in [0.2, 0.25) is 0 Å². The Morgan fingerprint density at radius 2 is 2.07 bits per heavy atom. The van der Waals surface area contributed by atoms with Crippen molar-refractivity contribution in [2.24, 2.45) is 0 Å². The van der Waals surface area contributed by atoms with Crippen LogP contribution in [0.25, 0.3) is 0 Å². The summed E-state index contributed by atoms with van der Waals surface area (Å²) >= 11 is 0. The van der Waals surface area contributed by atoms with E-state index in [0.29, 0.717) is 6.29 Å². The third-order valence-corrected chi connectivity index (χ3v) is 1.82. The number of carbonyl (C=O) groups is 2. The zero-order chi connectivity index (χ0) is 11.4. The number of benzene rings is 1. The molecule has 0 radical (unpaired) electrons. The van der Waals surface area contributed by atoms with E-state index in [0.717, 1.165) is 19.2 Å². The van der Waals surface area contributed by atoms with Gasteiger partial charge in [0.25, 0.3) is 0 Å². The van der Waals surface area contributed by atoms with Crippen molar-refractivity contribution in [2.75, 3.05) is 14.2 Å². The van der Waals surface area contributed by atoms with Gasteiger partial charge < -0.3 is 9.47 Å². The Bertz CT molecular complexity index is 401. The maximum atomic E-state index is 13.0. The van der Waals surface area contributed by atoms with Gasteiger partial charge in [-0.2, -0.15) is 0 Å². The molecule has 0 saturated carbocycles. The largest absolute Gasteiger partial charge is 0.495 e. The minimum Gasteiger partial charge on any atom is -0.495 e. The summed E-state index contributed by atoms with van der Waals surface area (Å²) in [5, 5.41) is 0. The summed E-state index contributed by atoms with van der Waals surface area (Å²) in [6.07, 6.45) is 0.411. The summed E-state index contributed by atoms with van der Waals surface area (Å²) < 4.78 is 22.3. The maximum Gasteiger partial charge on any atom is 0.341 e. The molecule has 0 amide bonds. The van der Waals surface area contributed by atoms with E-state index >= 15 is 0 Å². The average molecular weight is 212 g/mol. The smallest absolute Gasteiger partial charge is 0.341 e. The molecule has 0 spiro atoms. The number of halogens is 1. The lowest BCUT2D eigenvalue weighted by atomic mass is 10.1. The van der Waals surface area contributed by atoms with Crippen LogP contribution in [0.15, 0.2) is 12.1 Å². The number of rotatable bonds is 3. The number of esters is 1. The predicted octanol–water partition coefficient (Wildman–Crippen LogP) is 1.43. The Hall–Kier alpha value is -1.91. The zero-order valence-corrected chi connectivity index (χ0v) is 8.24. The first kappa shape index (κ1) is 11.2.